The number of anilines is 2. The molecule has 2 amide bonds. The number of carboxylic acid groups (broad SMARTS) is 1. The maximum Gasteiger partial charge on any atom is 0.308 e. The molecule has 3 heterocycles. The molecule has 3 unspecified atom stereocenters. The summed E-state index contributed by atoms with van der Waals surface area (Å²) in [5, 5.41) is 20.4. The van der Waals surface area contributed by atoms with Crippen LogP contribution in [0.15, 0.2) is 36.9 Å². The third kappa shape index (κ3) is 4.75. The quantitative estimate of drug-likeness (QED) is 0.376. The first-order chi connectivity index (χ1) is 18.6. The van der Waals surface area contributed by atoms with Gasteiger partial charge in [0.25, 0.3) is 5.91 Å². The zero-order valence-corrected chi connectivity index (χ0v) is 24.6. The normalized spacial score (nSPS) is 30.0. The molecule has 3 aliphatic heterocycles. The summed E-state index contributed by atoms with van der Waals surface area (Å²) < 4.78 is -0.854. The Hall–Kier alpha value is -2.52. The average Bonchev–Trinajstić information content (AvgIpc) is 3.50. The van der Waals surface area contributed by atoms with Gasteiger partial charge in [-0.2, -0.15) is 0 Å². The smallest absolute Gasteiger partial charge is 0.308 e. The molecule has 39 heavy (non-hydrogen) atoms. The SMILES string of the molecule is C=CCN(C(=O)C1N([C@@H](CO)CC(C)C)C(=O)[C@@H]2[C@H](C(=O)O)[C@@H]3CC(C)C12S3)c1ccc(N(CC)CC)cc1. The summed E-state index contributed by atoms with van der Waals surface area (Å²) in [4.78, 5) is 46.8. The third-order valence-electron chi connectivity index (χ3n) is 8.92. The van der Waals surface area contributed by atoms with Gasteiger partial charge in [-0.15, -0.1) is 18.3 Å². The number of carboxylic acids is 1. The van der Waals surface area contributed by atoms with E-state index in [0.717, 1.165) is 18.8 Å². The lowest BCUT2D eigenvalue weighted by Gasteiger charge is -2.42. The van der Waals surface area contributed by atoms with E-state index in [9.17, 15) is 24.6 Å². The van der Waals surface area contributed by atoms with E-state index in [2.05, 4.69) is 25.3 Å². The molecule has 1 aromatic rings. The summed E-state index contributed by atoms with van der Waals surface area (Å²) in [6.45, 7) is 15.9. The van der Waals surface area contributed by atoms with Gasteiger partial charge in [-0.25, -0.2) is 0 Å². The summed E-state index contributed by atoms with van der Waals surface area (Å²) in [7, 11) is 0. The number of thioether (sulfide) groups is 1. The predicted molar refractivity (Wildman–Crippen MR) is 156 cm³/mol. The van der Waals surface area contributed by atoms with Crippen molar-refractivity contribution in [2.45, 2.75) is 69.5 Å². The first-order valence-corrected chi connectivity index (χ1v) is 15.1. The highest BCUT2D eigenvalue weighted by molar-refractivity contribution is 8.02. The van der Waals surface area contributed by atoms with Gasteiger partial charge in [0.2, 0.25) is 5.91 Å². The number of benzene rings is 1. The van der Waals surface area contributed by atoms with Crippen LogP contribution < -0.4 is 9.80 Å². The first-order valence-electron chi connectivity index (χ1n) is 14.2. The Morgan fingerprint density at radius 2 is 1.82 bits per heavy atom. The molecule has 0 radical (unpaired) electrons. The van der Waals surface area contributed by atoms with Crippen molar-refractivity contribution in [3.63, 3.8) is 0 Å². The van der Waals surface area contributed by atoms with Gasteiger partial charge in [-0.1, -0.05) is 26.8 Å². The van der Waals surface area contributed by atoms with E-state index in [1.807, 2.05) is 45.0 Å². The number of aliphatic hydroxyl groups excluding tert-OH is 1. The Balaban J connectivity index is 1.81. The number of hydrogen-bond donors (Lipinski definition) is 2. The maximum atomic E-state index is 14.7. The van der Waals surface area contributed by atoms with E-state index in [-0.39, 0.29) is 42.1 Å². The van der Waals surface area contributed by atoms with Crippen LogP contribution in [0.4, 0.5) is 11.4 Å². The fraction of sp³-hybridized carbons (Fsp3) is 0.633. The Morgan fingerprint density at radius 3 is 2.33 bits per heavy atom. The summed E-state index contributed by atoms with van der Waals surface area (Å²) in [5.41, 5.74) is 1.76. The maximum absolute atomic E-state index is 14.7. The minimum Gasteiger partial charge on any atom is -0.481 e. The molecular formula is C30H43N3O5S. The summed E-state index contributed by atoms with van der Waals surface area (Å²) in [6, 6.07) is 6.40. The topological polar surface area (TPSA) is 101 Å². The van der Waals surface area contributed by atoms with Crippen molar-refractivity contribution in [3.8, 4) is 0 Å². The highest BCUT2D eigenvalue weighted by atomic mass is 32.2. The molecule has 4 rings (SSSR count). The van der Waals surface area contributed by atoms with Crippen LogP contribution >= 0.6 is 11.8 Å². The second-order valence-corrected chi connectivity index (χ2v) is 13.1. The van der Waals surface area contributed by atoms with E-state index >= 15 is 0 Å². The molecular weight excluding hydrogens is 514 g/mol. The fourth-order valence-corrected chi connectivity index (χ4v) is 9.66. The molecule has 1 aromatic carbocycles. The summed E-state index contributed by atoms with van der Waals surface area (Å²) >= 11 is 1.52. The molecule has 9 heteroatoms. The second-order valence-electron chi connectivity index (χ2n) is 11.5. The van der Waals surface area contributed by atoms with Crippen molar-refractivity contribution in [3.05, 3.63) is 36.9 Å². The minimum atomic E-state index is -0.980. The van der Waals surface area contributed by atoms with Crippen LogP contribution in [-0.2, 0) is 14.4 Å². The van der Waals surface area contributed by atoms with Gasteiger partial charge >= 0.3 is 5.97 Å². The average molecular weight is 558 g/mol. The zero-order chi connectivity index (χ0) is 28.6. The molecule has 1 spiro atoms. The fourth-order valence-electron chi connectivity index (χ4n) is 7.27. The van der Waals surface area contributed by atoms with E-state index < -0.39 is 34.6 Å². The zero-order valence-electron chi connectivity index (χ0n) is 23.7. The number of aliphatic carboxylic acids is 1. The van der Waals surface area contributed by atoms with Gasteiger partial charge in [-0.05, 0) is 62.8 Å². The molecule has 3 aliphatic rings. The standard InChI is InChI=1S/C30H43N3O5S/c1-7-14-32(21-12-10-20(11-13-21)31(8-2)9-3)28(36)26-30-19(6)16-23(39-30)24(29(37)38)25(30)27(35)33(26)22(17-34)15-18(4)5/h7,10-13,18-19,22-26,34H,1,8-9,14-17H2,2-6H3,(H,37,38)/t19?,22-,23+,24-,25+,26?,30?/m1/s1. The van der Waals surface area contributed by atoms with Crippen LogP contribution in [0.5, 0.6) is 0 Å². The molecule has 3 fully saturated rings. The third-order valence-corrected chi connectivity index (χ3v) is 11.0. The van der Waals surface area contributed by atoms with E-state index in [1.54, 1.807) is 15.9 Å². The van der Waals surface area contributed by atoms with Crippen molar-refractivity contribution >= 4 is 40.9 Å². The lowest BCUT2D eigenvalue weighted by molar-refractivity contribution is -0.149. The molecule has 0 aromatic heterocycles. The van der Waals surface area contributed by atoms with E-state index in [4.69, 9.17) is 0 Å². The molecule has 2 bridgehead atoms. The number of hydrogen-bond acceptors (Lipinski definition) is 6. The van der Waals surface area contributed by atoms with Crippen LogP contribution in [0.25, 0.3) is 0 Å². The molecule has 8 nitrogen and oxygen atoms in total. The molecule has 0 aliphatic carbocycles. The number of amides is 2. The monoisotopic (exact) mass is 557 g/mol. The highest BCUT2D eigenvalue weighted by Gasteiger charge is 2.77. The van der Waals surface area contributed by atoms with Crippen molar-refractivity contribution in [2.24, 2.45) is 23.7 Å². The largest absolute Gasteiger partial charge is 0.481 e. The van der Waals surface area contributed by atoms with Crippen LogP contribution in [0.1, 0.15) is 47.5 Å². The Morgan fingerprint density at radius 1 is 1.21 bits per heavy atom. The predicted octanol–water partition coefficient (Wildman–Crippen LogP) is 3.88. The van der Waals surface area contributed by atoms with Gasteiger partial charge in [0.15, 0.2) is 0 Å². The first kappa shape index (κ1) is 29.5. The number of carbonyl (C=O) groups excluding carboxylic acids is 2. The van der Waals surface area contributed by atoms with Crippen LogP contribution in [0, 0.1) is 23.7 Å². The molecule has 3 saturated heterocycles. The van der Waals surface area contributed by atoms with Gasteiger partial charge in [0.1, 0.15) is 6.04 Å². The summed E-state index contributed by atoms with van der Waals surface area (Å²) in [5.74, 6) is -3.00. The van der Waals surface area contributed by atoms with Crippen LogP contribution in [-0.4, -0.2) is 81.2 Å². The van der Waals surface area contributed by atoms with Crippen molar-refractivity contribution in [1.29, 1.82) is 0 Å². The summed E-state index contributed by atoms with van der Waals surface area (Å²) in [6.07, 6.45) is 2.85. The van der Waals surface area contributed by atoms with Crippen molar-refractivity contribution in [2.75, 3.05) is 36.0 Å². The number of rotatable bonds is 12. The Labute approximate surface area is 236 Å². The number of likely N-dealkylation sites (tertiary alicyclic amines) is 1. The van der Waals surface area contributed by atoms with Gasteiger partial charge in [0, 0.05) is 36.3 Å². The van der Waals surface area contributed by atoms with E-state index in [1.165, 1.54) is 11.8 Å². The Kier molecular flexibility index (Phi) is 8.71. The number of aliphatic hydroxyl groups is 1. The van der Waals surface area contributed by atoms with E-state index in [0.29, 0.717) is 18.5 Å². The number of fused-ring (bicyclic) bond motifs is 1. The number of carbonyl (C=O) groups is 3. The van der Waals surface area contributed by atoms with Crippen molar-refractivity contribution < 1.29 is 24.6 Å². The molecule has 214 valence electrons. The van der Waals surface area contributed by atoms with Gasteiger partial charge in [-0.3, -0.25) is 14.4 Å². The number of nitrogens with zero attached hydrogens (tertiary/aromatic N) is 3. The molecule has 2 N–H and O–H groups in total. The minimum absolute atomic E-state index is 0.0231. The Bertz CT molecular complexity index is 1090. The lowest BCUT2D eigenvalue weighted by atomic mass is 9.66. The highest BCUT2D eigenvalue weighted by Crippen LogP contribution is 2.69. The van der Waals surface area contributed by atoms with Crippen LogP contribution in [0.2, 0.25) is 0 Å². The van der Waals surface area contributed by atoms with Crippen LogP contribution in [0.3, 0.4) is 0 Å². The molecule has 0 saturated carbocycles. The lowest BCUT2D eigenvalue weighted by Crippen LogP contribution is -2.59. The molecule has 7 atom stereocenters. The second kappa shape index (κ2) is 11.5. The van der Waals surface area contributed by atoms with Gasteiger partial charge in [0.05, 0.1) is 29.2 Å². The van der Waals surface area contributed by atoms with Gasteiger partial charge < -0.3 is 24.9 Å². The van der Waals surface area contributed by atoms with Crippen molar-refractivity contribution in [1.82, 2.24) is 4.90 Å².